The molecule has 1 aliphatic carbocycles. The maximum atomic E-state index is 12.7. The summed E-state index contributed by atoms with van der Waals surface area (Å²) in [5.41, 5.74) is 0.329. The van der Waals surface area contributed by atoms with E-state index in [0.717, 1.165) is 6.42 Å². The van der Waals surface area contributed by atoms with Crippen LogP contribution in [0.25, 0.3) is 11.2 Å². The summed E-state index contributed by atoms with van der Waals surface area (Å²) < 4.78 is 12.5. The van der Waals surface area contributed by atoms with Gasteiger partial charge >= 0.3 is 6.09 Å². The first kappa shape index (κ1) is 22.2. The summed E-state index contributed by atoms with van der Waals surface area (Å²) >= 11 is 0. The van der Waals surface area contributed by atoms with Crippen LogP contribution in [0.5, 0.6) is 5.75 Å². The number of rotatable bonds is 5. The number of anilines is 2. The Hall–Kier alpha value is -4.26. The Morgan fingerprint density at radius 1 is 1.11 bits per heavy atom. The van der Waals surface area contributed by atoms with Crippen molar-refractivity contribution in [3.63, 3.8) is 0 Å². The molecule has 3 aliphatic rings. The number of carbonyl (C=O) groups excluding carboxylic acids is 2. The molecule has 2 aliphatic heterocycles. The number of amides is 2. The highest BCUT2D eigenvalue weighted by molar-refractivity contribution is 5.95. The quantitative estimate of drug-likeness (QED) is 0.455. The molecule has 1 saturated heterocycles. The van der Waals surface area contributed by atoms with Gasteiger partial charge < -0.3 is 25.1 Å². The highest BCUT2D eigenvalue weighted by Gasteiger charge is 2.46. The molecule has 0 spiro atoms. The van der Waals surface area contributed by atoms with Crippen molar-refractivity contribution < 1.29 is 19.1 Å². The molecule has 13 nitrogen and oxygen atoms in total. The van der Waals surface area contributed by atoms with Crippen LogP contribution in [-0.2, 0) is 16.1 Å². The average molecular weight is 493 g/mol. The van der Waals surface area contributed by atoms with E-state index in [1.54, 1.807) is 23.1 Å². The number of pyridine rings is 2. The fourth-order valence-corrected chi connectivity index (χ4v) is 5.07. The standard InChI is InChI=1S/C23H23N7O6/c31-18-6-2-13-22(28-18)29(20(33)10-25-13)8-7-24-12-1-3-14-16(9-12)36-23(34)30(14)17-5-4-15-21(26-17)27-19(32)11-35-15/h2,4-6,10,12,14,16,24H,1,3,7-9,11H2,(H,28,31)(H,26,27,32)/t12-,14+,16+/m0/s1. The van der Waals surface area contributed by atoms with Crippen molar-refractivity contribution in [2.75, 3.05) is 23.4 Å². The minimum absolute atomic E-state index is 0.0666. The van der Waals surface area contributed by atoms with E-state index >= 15 is 0 Å². The number of aromatic amines is 1. The van der Waals surface area contributed by atoms with Gasteiger partial charge in [-0.3, -0.25) is 23.9 Å². The summed E-state index contributed by atoms with van der Waals surface area (Å²) in [6.07, 6.45) is 2.56. The highest BCUT2D eigenvalue weighted by Crippen LogP contribution is 2.37. The van der Waals surface area contributed by atoms with Crippen molar-refractivity contribution in [3.8, 4) is 5.75 Å². The second kappa shape index (κ2) is 8.75. The zero-order valence-electron chi connectivity index (χ0n) is 19.1. The van der Waals surface area contributed by atoms with E-state index < -0.39 is 6.09 Å². The van der Waals surface area contributed by atoms with Crippen LogP contribution in [0.4, 0.5) is 16.4 Å². The first-order valence-corrected chi connectivity index (χ1v) is 11.7. The summed E-state index contributed by atoms with van der Waals surface area (Å²) in [5.74, 6) is 0.853. The number of nitrogens with zero attached hydrogens (tertiary/aromatic N) is 4. The third-order valence-electron chi connectivity index (χ3n) is 6.74. The molecule has 0 unspecified atom stereocenters. The molecule has 0 aromatic carbocycles. The Balaban J connectivity index is 1.11. The minimum Gasteiger partial charge on any atom is -0.480 e. The van der Waals surface area contributed by atoms with Gasteiger partial charge in [0, 0.05) is 31.6 Å². The van der Waals surface area contributed by atoms with Crippen molar-refractivity contribution in [1.29, 1.82) is 0 Å². The maximum absolute atomic E-state index is 12.7. The van der Waals surface area contributed by atoms with E-state index in [9.17, 15) is 19.2 Å². The summed E-state index contributed by atoms with van der Waals surface area (Å²) in [6.45, 7) is 0.770. The topological polar surface area (TPSA) is 161 Å². The van der Waals surface area contributed by atoms with Crippen LogP contribution in [-0.4, -0.2) is 62.9 Å². The summed E-state index contributed by atoms with van der Waals surface area (Å²) in [6, 6.07) is 6.24. The Kier molecular flexibility index (Phi) is 5.40. The molecule has 2 fully saturated rings. The molecule has 3 aromatic heterocycles. The monoisotopic (exact) mass is 493 g/mol. The predicted octanol–water partition coefficient (Wildman–Crippen LogP) is 0.347. The number of hydrogen-bond acceptors (Lipinski definition) is 9. The van der Waals surface area contributed by atoms with Gasteiger partial charge in [-0.1, -0.05) is 0 Å². The molecule has 1 saturated carbocycles. The lowest BCUT2D eigenvalue weighted by Crippen LogP contribution is -2.46. The number of H-pyrrole nitrogens is 1. The first-order valence-electron chi connectivity index (χ1n) is 11.7. The smallest absolute Gasteiger partial charge is 0.416 e. The first-order chi connectivity index (χ1) is 17.5. The fourth-order valence-electron chi connectivity index (χ4n) is 5.07. The molecule has 0 radical (unpaired) electrons. The van der Waals surface area contributed by atoms with Crippen LogP contribution in [0.1, 0.15) is 19.3 Å². The van der Waals surface area contributed by atoms with Crippen molar-refractivity contribution in [1.82, 2.24) is 24.8 Å². The van der Waals surface area contributed by atoms with E-state index in [4.69, 9.17) is 9.47 Å². The van der Waals surface area contributed by atoms with Crippen LogP contribution < -0.4 is 31.4 Å². The van der Waals surface area contributed by atoms with Gasteiger partial charge in [-0.25, -0.2) is 14.8 Å². The van der Waals surface area contributed by atoms with Crippen LogP contribution in [0, 0.1) is 0 Å². The summed E-state index contributed by atoms with van der Waals surface area (Å²) in [5, 5.41) is 6.10. The van der Waals surface area contributed by atoms with Gasteiger partial charge in [-0.2, -0.15) is 0 Å². The lowest BCUT2D eigenvalue weighted by Gasteiger charge is -2.33. The third kappa shape index (κ3) is 3.96. The van der Waals surface area contributed by atoms with Gasteiger partial charge in [-0.05, 0) is 31.0 Å². The lowest BCUT2D eigenvalue weighted by atomic mass is 9.88. The zero-order chi connectivity index (χ0) is 24.8. The Morgan fingerprint density at radius 2 is 2.00 bits per heavy atom. The van der Waals surface area contributed by atoms with Crippen molar-refractivity contribution in [2.45, 2.75) is 44.0 Å². The SMILES string of the molecule is O=C1COc2ccc(N3C(=O)O[C@@H]4C[C@@H](NCCn5c(=O)cnc6ccc(=O)[nH]c65)CC[C@H]43)nc2N1. The Labute approximate surface area is 203 Å². The van der Waals surface area contributed by atoms with Gasteiger partial charge in [0.05, 0.1) is 12.2 Å². The normalized spacial score (nSPS) is 23.0. The Bertz CT molecular complexity index is 1480. The molecule has 3 atom stereocenters. The summed E-state index contributed by atoms with van der Waals surface area (Å²) in [4.78, 5) is 61.1. The molecule has 186 valence electrons. The van der Waals surface area contributed by atoms with Crippen LogP contribution in [0.15, 0.2) is 40.1 Å². The van der Waals surface area contributed by atoms with Gasteiger partial charge in [0.2, 0.25) is 5.56 Å². The molecule has 3 N–H and O–H groups in total. The van der Waals surface area contributed by atoms with Gasteiger partial charge in [0.25, 0.3) is 11.5 Å². The van der Waals surface area contributed by atoms with E-state index in [1.165, 1.54) is 16.8 Å². The summed E-state index contributed by atoms with van der Waals surface area (Å²) in [7, 11) is 0. The van der Waals surface area contributed by atoms with Gasteiger partial charge in [-0.15, -0.1) is 0 Å². The largest absolute Gasteiger partial charge is 0.480 e. The molecular formula is C23H23N7O6. The number of fused-ring (bicyclic) bond motifs is 3. The molecule has 36 heavy (non-hydrogen) atoms. The number of carbonyl (C=O) groups is 2. The number of ether oxygens (including phenoxy) is 2. The van der Waals surface area contributed by atoms with Crippen molar-refractivity contribution in [3.05, 3.63) is 51.2 Å². The molecule has 5 heterocycles. The fraction of sp³-hybridized carbons (Fsp3) is 0.391. The van der Waals surface area contributed by atoms with Crippen LogP contribution >= 0.6 is 0 Å². The van der Waals surface area contributed by atoms with Crippen LogP contribution in [0.3, 0.4) is 0 Å². The van der Waals surface area contributed by atoms with E-state index in [0.29, 0.717) is 48.7 Å². The van der Waals surface area contributed by atoms with Gasteiger partial charge in [0.1, 0.15) is 23.1 Å². The van der Waals surface area contributed by atoms with Crippen molar-refractivity contribution >= 4 is 34.8 Å². The molecule has 0 bridgehead atoms. The molecule has 6 rings (SSSR count). The van der Waals surface area contributed by atoms with E-state index in [1.807, 2.05) is 0 Å². The highest BCUT2D eigenvalue weighted by atomic mass is 16.6. The van der Waals surface area contributed by atoms with Gasteiger partial charge in [0.15, 0.2) is 18.2 Å². The van der Waals surface area contributed by atoms with E-state index in [2.05, 4.69) is 25.6 Å². The van der Waals surface area contributed by atoms with Crippen LogP contribution in [0.2, 0.25) is 0 Å². The second-order valence-corrected chi connectivity index (χ2v) is 8.98. The number of aromatic nitrogens is 4. The predicted molar refractivity (Wildman–Crippen MR) is 127 cm³/mol. The number of nitrogens with one attached hydrogen (secondary N) is 3. The molecule has 13 heteroatoms. The second-order valence-electron chi connectivity index (χ2n) is 8.98. The average Bonchev–Trinajstić information content (AvgIpc) is 3.19. The zero-order valence-corrected chi connectivity index (χ0v) is 19.1. The maximum Gasteiger partial charge on any atom is 0.416 e. The lowest BCUT2D eigenvalue weighted by molar-refractivity contribution is -0.118. The molecule has 2 amide bonds. The number of hydrogen-bond donors (Lipinski definition) is 3. The molecule has 3 aromatic rings. The third-order valence-corrected chi connectivity index (χ3v) is 6.74. The van der Waals surface area contributed by atoms with Crippen molar-refractivity contribution in [2.24, 2.45) is 0 Å². The minimum atomic E-state index is -0.472. The molecular weight excluding hydrogens is 470 g/mol. The van der Waals surface area contributed by atoms with E-state index in [-0.39, 0.29) is 47.6 Å². The Morgan fingerprint density at radius 3 is 2.89 bits per heavy atom.